The highest BCUT2D eigenvalue weighted by Crippen LogP contribution is 2.33. The molecule has 5 rings (SSSR count). The van der Waals surface area contributed by atoms with Gasteiger partial charge >= 0.3 is 0 Å². The first-order chi connectivity index (χ1) is 16.9. The molecule has 0 radical (unpaired) electrons. The van der Waals surface area contributed by atoms with E-state index < -0.39 is 0 Å². The summed E-state index contributed by atoms with van der Waals surface area (Å²) in [6, 6.07) is 19.1. The Kier molecular flexibility index (Phi) is 5.93. The second-order valence-corrected chi connectivity index (χ2v) is 8.99. The van der Waals surface area contributed by atoms with E-state index in [0.717, 1.165) is 29.1 Å². The Bertz CT molecular complexity index is 1490. The lowest BCUT2D eigenvalue weighted by molar-refractivity contribution is 0.402. The molecule has 0 bridgehead atoms. The molecule has 0 unspecified atom stereocenters. The highest BCUT2D eigenvalue weighted by molar-refractivity contribution is 5.80. The number of phenolic OH excluding ortho intramolecular Hbond substituents is 2. The molecule has 0 aliphatic heterocycles. The first-order valence-electron chi connectivity index (χ1n) is 11.4. The number of rotatable bonds is 6. The fourth-order valence-corrected chi connectivity index (χ4v) is 4.23. The van der Waals surface area contributed by atoms with Crippen molar-refractivity contribution in [1.82, 2.24) is 24.3 Å². The number of aryl methyl sites for hydroxylation is 1. The van der Waals surface area contributed by atoms with Gasteiger partial charge in [-0.15, -0.1) is 0 Å². The van der Waals surface area contributed by atoms with Gasteiger partial charge in [0.2, 0.25) is 0 Å². The maximum absolute atomic E-state index is 10.2. The number of benzene rings is 2. The molecule has 0 fully saturated rings. The minimum atomic E-state index is 0.0163. The van der Waals surface area contributed by atoms with E-state index in [1.807, 2.05) is 26.4 Å². The zero-order valence-corrected chi connectivity index (χ0v) is 20.0. The summed E-state index contributed by atoms with van der Waals surface area (Å²) in [6.07, 6.45) is 3.94. The van der Waals surface area contributed by atoms with Gasteiger partial charge in [0.25, 0.3) is 0 Å². The van der Waals surface area contributed by atoms with Crippen LogP contribution in [-0.4, -0.2) is 48.6 Å². The van der Waals surface area contributed by atoms with Crippen molar-refractivity contribution in [1.29, 1.82) is 0 Å². The number of hydrogen-bond donors (Lipinski definition) is 2. The van der Waals surface area contributed by atoms with Crippen LogP contribution in [0.15, 0.2) is 73.1 Å². The molecule has 0 saturated carbocycles. The van der Waals surface area contributed by atoms with E-state index in [0.29, 0.717) is 17.1 Å². The van der Waals surface area contributed by atoms with Crippen LogP contribution in [0.1, 0.15) is 22.5 Å². The van der Waals surface area contributed by atoms with Crippen LogP contribution in [0.3, 0.4) is 0 Å². The van der Waals surface area contributed by atoms with E-state index in [1.54, 1.807) is 24.4 Å². The van der Waals surface area contributed by atoms with Gasteiger partial charge in [-0.2, -0.15) is 0 Å². The van der Waals surface area contributed by atoms with Crippen molar-refractivity contribution in [3.8, 4) is 34.1 Å². The van der Waals surface area contributed by atoms with Crippen molar-refractivity contribution < 1.29 is 10.2 Å². The largest absolute Gasteiger partial charge is 0.508 e. The van der Waals surface area contributed by atoms with Crippen molar-refractivity contribution in [2.75, 3.05) is 14.1 Å². The molecule has 0 saturated heterocycles. The lowest BCUT2D eigenvalue weighted by Crippen LogP contribution is -2.10. The summed E-state index contributed by atoms with van der Waals surface area (Å²) >= 11 is 0. The number of hydrogen-bond acceptors (Lipinski definition) is 6. The Morgan fingerprint density at radius 2 is 1.66 bits per heavy atom. The lowest BCUT2D eigenvalue weighted by atomic mass is 10.1. The van der Waals surface area contributed by atoms with Gasteiger partial charge in [-0.3, -0.25) is 4.40 Å². The van der Waals surface area contributed by atoms with Gasteiger partial charge in [0.15, 0.2) is 0 Å². The van der Waals surface area contributed by atoms with Crippen LogP contribution in [0, 0.1) is 6.92 Å². The molecular weight excluding hydrogens is 438 g/mol. The molecule has 0 aliphatic rings. The average Bonchev–Trinajstić information content (AvgIpc) is 3.20. The summed E-state index contributed by atoms with van der Waals surface area (Å²) in [5.74, 6) is 0.526. The van der Waals surface area contributed by atoms with Crippen LogP contribution >= 0.6 is 0 Å². The van der Waals surface area contributed by atoms with Gasteiger partial charge in [0.05, 0.1) is 17.1 Å². The smallest absolute Gasteiger partial charge is 0.138 e. The van der Waals surface area contributed by atoms with Crippen molar-refractivity contribution in [3.63, 3.8) is 0 Å². The molecule has 0 atom stereocenters. The first kappa shape index (κ1) is 22.6. The minimum Gasteiger partial charge on any atom is -0.508 e. The lowest BCUT2D eigenvalue weighted by Gasteiger charge is -2.11. The summed E-state index contributed by atoms with van der Waals surface area (Å²) < 4.78 is 2.05. The van der Waals surface area contributed by atoms with Gasteiger partial charge in [-0.05, 0) is 56.9 Å². The molecule has 3 heterocycles. The summed E-state index contributed by atoms with van der Waals surface area (Å²) in [4.78, 5) is 16.3. The molecule has 0 aliphatic carbocycles. The van der Waals surface area contributed by atoms with Gasteiger partial charge in [-0.1, -0.05) is 35.9 Å². The standard InChI is InChI=1S/C28H27N5O2/c1-18-7-9-20(10-8-18)27-28(33-14-12-19(17-32(2)3)15-26(33)31-27)22-11-13-29-25(30-22)16-21-23(34)5-4-6-24(21)35/h4-15,34-35H,16-17H2,1-3H3. The third-order valence-electron chi connectivity index (χ3n) is 5.92. The van der Waals surface area contributed by atoms with Crippen molar-refractivity contribution >= 4 is 5.65 Å². The molecule has 35 heavy (non-hydrogen) atoms. The SMILES string of the molecule is Cc1ccc(-c2nc3cc(CN(C)C)ccn3c2-c2ccnc(Cc3c(O)cccc3O)n2)cc1. The second kappa shape index (κ2) is 9.19. The zero-order valence-electron chi connectivity index (χ0n) is 20.0. The predicted octanol–water partition coefficient (Wildman–Crippen LogP) is 4.83. The molecule has 0 spiro atoms. The Labute approximate surface area is 204 Å². The maximum atomic E-state index is 10.2. The number of fused-ring (bicyclic) bond motifs is 1. The fraction of sp³-hybridized carbons (Fsp3) is 0.179. The fourth-order valence-electron chi connectivity index (χ4n) is 4.23. The van der Waals surface area contributed by atoms with E-state index in [-0.39, 0.29) is 17.9 Å². The predicted molar refractivity (Wildman–Crippen MR) is 136 cm³/mol. The third-order valence-corrected chi connectivity index (χ3v) is 5.92. The van der Waals surface area contributed by atoms with Crippen molar-refractivity contribution in [2.24, 2.45) is 0 Å². The van der Waals surface area contributed by atoms with E-state index >= 15 is 0 Å². The average molecular weight is 466 g/mol. The van der Waals surface area contributed by atoms with Crippen LogP contribution in [0.5, 0.6) is 11.5 Å². The van der Waals surface area contributed by atoms with Gasteiger partial charge in [-0.25, -0.2) is 15.0 Å². The molecule has 0 amide bonds. The molecular formula is C28H27N5O2. The Balaban J connectivity index is 1.65. The second-order valence-electron chi connectivity index (χ2n) is 8.99. The molecule has 7 heteroatoms. The van der Waals surface area contributed by atoms with Crippen molar-refractivity contribution in [3.05, 3.63) is 95.6 Å². The molecule has 3 aromatic heterocycles. The normalized spacial score (nSPS) is 11.4. The Morgan fingerprint density at radius 1 is 0.914 bits per heavy atom. The van der Waals surface area contributed by atoms with Crippen LogP contribution in [0.2, 0.25) is 0 Å². The van der Waals surface area contributed by atoms with E-state index in [2.05, 4.69) is 57.6 Å². The summed E-state index contributed by atoms with van der Waals surface area (Å²) in [5.41, 5.74) is 7.01. The number of nitrogens with zero attached hydrogens (tertiary/aromatic N) is 5. The van der Waals surface area contributed by atoms with Crippen LogP contribution < -0.4 is 0 Å². The van der Waals surface area contributed by atoms with Gasteiger partial charge in [0.1, 0.15) is 23.0 Å². The molecule has 176 valence electrons. The van der Waals surface area contributed by atoms with Crippen LogP contribution in [-0.2, 0) is 13.0 Å². The third kappa shape index (κ3) is 4.58. The van der Waals surface area contributed by atoms with Gasteiger partial charge < -0.3 is 15.1 Å². The topological polar surface area (TPSA) is 86.8 Å². The van der Waals surface area contributed by atoms with Gasteiger partial charge in [0, 0.05) is 36.5 Å². The highest BCUT2D eigenvalue weighted by Gasteiger charge is 2.19. The molecule has 7 nitrogen and oxygen atoms in total. The monoisotopic (exact) mass is 465 g/mol. The number of imidazole rings is 1. The minimum absolute atomic E-state index is 0.0163. The van der Waals surface area contributed by atoms with Crippen LogP contribution in [0.4, 0.5) is 0 Å². The number of aromatic nitrogens is 4. The highest BCUT2D eigenvalue weighted by atomic mass is 16.3. The number of phenols is 2. The van der Waals surface area contributed by atoms with Crippen molar-refractivity contribution in [2.45, 2.75) is 19.9 Å². The molecule has 2 N–H and O–H groups in total. The molecule has 2 aromatic carbocycles. The van der Waals surface area contributed by atoms with E-state index in [1.165, 1.54) is 11.1 Å². The Morgan fingerprint density at radius 3 is 2.37 bits per heavy atom. The summed E-state index contributed by atoms with van der Waals surface area (Å²) in [6.45, 7) is 2.88. The Hall–Kier alpha value is -4.23. The van der Waals surface area contributed by atoms with E-state index in [4.69, 9.17) is 9.97 Å². The quantitative estimate of drug-likeness (QED) is 0.374. The zero-order chi connectivity index (χ0) is 24.5. The molecule has 5 aromatic rings. The number of pyridine rings is 1. The first-order valence-corrected chi connectivity index (χ1v) is 11.4. The number of aromatic hydroxyl groups is 2. The summed E-state index contributed by atoms with van der Waals surface area (Å²) in [7, 11) is 4.09. The van der Waals surface area contributed by atoms with Crippen LogP contribution in [0.25, 0.3) is 28.3 Å². The maximum Gasteiger partial charge on any atom is 0.138 e. The summed E-state index contributed by atoms with van der Waals surface area (Å²) in [5, 5.41) is 20.4. The van der Waals surface area contributed by atoms with E-state index in [9.17, 15) is 10.2 Å².